The second-order valence-electron chi connectivity index (χ2n) is 6.36. The minimum Gasteiger partial charge on any atom is -0.478 e. The number of carbonyl (C=O) groups excluding carboxylic acids is 2. The molecule has 144 valence electrons. The number of nitrogens with zero attached hydrogens (tertiary/aromatic N) is 1. The highest BCUT2D eigenvalue weighted by Crippen LogP contribution is 2.29. The summed E-state index contributed by atoms with van der Waals surface area (Å²) in [5.74, 6) is -1.22. The minimum absolute atomic E-state index is 0.0355. The summed E-state index contributed by atoms with van der Waals surface area (Å²) in [6.07, 6.45) is 1.92. The average Bonchev–Trinajstić information content (AvgIpc) is 3.11. The number of carbonyl (C=O) groups is 3. The normalized spacial score (nSPS) is 13.2. The van der Waals surface area contributed by atoms with Crippen molar-refractivity contribution >= 4 is 40.9 Å². The van der Waals surface area contributed by atoms with E-state index in [4.69, 9.17) is 5.11 Å². The predicted octanol–water partition coefficient (Wildman–Crippen LogP) is 3.34. The monoisotopic (exact) mass is 396 g/mol. The van der Waals surface area contributed by atoms with Crippen molar-refractivity contribution < 1.29 is 19.5 Å². The lowest BCUT2D eigenvalue weighted by atomic mass is 10.2. The van der Waals surface area contributed by atoms with Crippen LogP contribution in [0.3, 0.4) is 0 Å². The zero-order valence-corrected chi connectivity index (χ0v) is 16.2. The fourth-order valence-electron chi connectivity index (χ4n) is 2.89. The van der Waals surface area contributed by atoms with Crippen molar-refractivity contribution in [3.63, 3.8) is 0 Å². The number of nitrogens with one attached hydrogen (secondary N) is 1. The van der Waals surface area contributed by atoms with Gasteiger partial charge in [-0.25, -0.2) is 4.79 Å². The lowest BCUT2D eigenvalue weighted by molar-refractivity contribution is -0.132. The van der Waals surface area contributed by atoms with Crippen LogP contribution in [-0.4, -0.2) is 35.2 Å². The Labute approximate surface area is 167 Å². The smallest absolute Gasteiger partial charge is 0.331 e. The first kappa shape index (κ1) is 19.7. The van der Waals surface area contributed by atoms with E-state index in [1.807, 2.05) is 35.2 Å². The molecule has 0 saturated heterocycles. The van der Waals surface area contributed by atoms with Gasteiger partial charge in [0.15, 0.2) is 0 Å². The molecular weight excluding hydrogens is 376 g/mol. The third kappa shape index (κ3) is 4.80. The van der Waals surface area contributed by atoms with Crippen molar-refractivity contribution in [1.82, 2.24) is 0 Å². The summed E-state index contributed by atoms with van der Waals surface area (Å²) in [7, 11) is 0. The molecule has 28 heavy (non-hydrogen) atoms. The molecule has 1 heterocycles. The van der Waals surface area contributed by atoms with Gasteiger partial charge in [0.1, 0.15) is 0 Å². The van der Waals surface area contributed by atoms with Crippen LogP contribution in [0.25, 0.3) is 0 Å². The summed E-state index contributed by atoms with van der Waals surface area (Å²) < 4.78 is 0. The molecule has 0 fully saturated rings. The van der Waals surface area contributed by atoms with E-state index in [1.165, 1.54) is 24.2 Å². The summed E-state index contributed by atoms with van der Waals surface area (Å²) >= 11 is 1.44. The number of amides is 2. The van der Waals surface area contributed by atoms with Crippen LogP contribution in [0.2, 0.25) is 0 Å². The number of thioether (sulfide) groups is 1. The Bertz CT molecular complexity index is 938. The number of aliphatic carboxylic acids is 1. The lowest BCUT2D eigenvalue weighted by Gasteiger charge is -2.17. The van der Waals surface area contributed by atoms with E-state index in [2.05, 4.69) is 11.4 Å². The molecule has 0 unspecified atom stereocenters. The second kappa shape index (κ2) is 8.75. The summed E-state index contributed by atoms with van der Waals surface area (Å²) in [4.78, 5) is 37.8. The van der Waals surface area contributed by atoms with Crippen LogP contribution >= 0.6 is 11.8 Å². The summed E-state index contributed by atoms with van der Waals surface area (Å²) in [6, 6.07) is 15.0. The molecule has 6 nitrogen and oxygen atoms in total. The quantitative estimate of drug-likeness (QED) is 0.578. The number of fused-ring (bicyclic) bond motifs is 1. The van der Waals surface area contributed by atoms with Gasteiger partial charge in [-0.05, 0) is 49.2 Å². The number of carboxylic acid groups (broad SMARTS) is 1. The van der Waals surface area contributed by atoms with Gasteiger partial charge in [-0.15, -0.1) is 11.8 Å². The Kier molecular flexibility index (Phi) is 6.16. The predicted molar refractivity (Wildman–Crippen MR) is 110 cm³/mol. The van der Waals surface area contributed by atoms with E-state index in [1.54, 1.807) is 12.1 Å². The van der Waals surface area contributed by atoms with Crippen molar-refractivity contribution in [1.29, 1.82) is 0 Å². The third-order valence-electron chi connectivity index (χ3n) is 4.36. The first-order valence-electron chi connectivity index (χ1n) is 8.78. The van der Waals surface area contributed by atoms with Gasteiger partial charge in [0.2, 0.25) is 11.8 Å². The molecule has 7 heteroatoms. The Hall–Kier alpha value is -3.06. The maximum atomic E-state index is 12.5. The highest BCUT2D eigenvalue weighted by Gasteiger charge is 2.23. The molecule has 0 atom stereocenters. The first-order valence-corrected chi connectivity index (χ1v) is 9.76. The molecule has 0 saturated carbocycles. The molecule has 0 aliphatic carbocycles. The zero-order chi connectivity index (χ0) is 20.1. The molecule has 2 N–H and O–H groups in total. The maximum Gasteiger partial charge on any atom is 0.331 e. The van der Waals surface area contributed by atoms with E-state index in [9.17, 15) is 14.4 Å². The Morgan fingerprint density at radius 2 is 1.86 bits per heavy atom. The van der Waals surface area contributed by atoms with E-state index in [-0.39, 0.29) is 11.5 Å². The molecule has 2 aromatic carbocycles. The molecule has 1 aliphatic rings. The fourth-order valence-corrected chi connectivity index (χ4v) is 3.67. The number of anilines is 2. The van der Waals surface area contributed by atoms with Crippen molar-refractivity contribution in [2.75, 3.05) is 22.5 Å². The van der Waals surface area contributed by atoms with Crippen molar-refractivity contribution in [2.24, 2.45) is 0 Å². The van der Waals surface area contributed by atoms with Gasteiger partial charge in [0.05, 0.1) is 5.75 Å². The molecule has 2 aromatic rings. The Morgan fingerprint density at radius 3 is 2.57 bits per heavy atom. The van der Waals surface area contributed by atoms with Crippen molar-refractivity contribution in [3.8, 4) is 0 Å². The Morgan fingerprint density at radius 1 is 1.14 bits per heavy atom. The van der Waals surface area contributed by atoms with Crippen LogP contribution < -0.4 is 10.2 Å². The number of hydrogen-bond acceptors (Lipinski definition) is 4. The Balaban J connectivity index is 1.54. The lowest BCUT2D eigenvalue weighted by Crippen LogP contribution is -2.30. The van der Waals surface area contributed by atoms with Crippen LogP contribution in [0.4, 0.5) is 11.4 Å². The van der Waals surface area contributed by atoms with Gasteiger partial charge in [0, 0.05) is 34.5 Å². The number of benzene rings is 2. The van der Waals surface area contributed by atoms with Crippen molar-refractivity contribution in [3.05, 3.63) is 65.7 Å². The number of para-hydroxylation sites is 1. The van der Waals surface area contributed by atoms with Gasteiger partial charge in [-0.3, -0.25) is 9.59 Å². The standard InChI is InChI=1S/C21H20N2O4S/c1-14(21(26)27)12-19(24)22-16-6-8-17(9-7-16)28-13-20(25)23-11-10-15-4-2-3-5-18(15)23/h2-9,12H,10-11,13H2,1H3,(H,22,24)(H,26,27). The first-order chi connectivity index (χ1) is 13.4. The van der Waals surface area contributed by atoms with Crippen LogP contribution in [0.15, 0.2) is 65.1 Å². The second-order valence-corrected chi connectivity index (χ2v) is 7.41. The van der Waals surface area contributed by atoms with Crippen molar-refractivity contribution in [2.45, 2.75) is 18.2 Å². The molecule has 0 radical (unpaired) electrons. The van der Waals surface area contributed by atoms with E-state index in [0.29, 0.717) is 18.0 Å². The largest absolute Gasteiger partial charge is 0.478 e. The highest BCUT2D eigenvalue weighted by atomic mass is 32.2. The molecule has 2 amide bonds. The van der Waals surface area contributed by atoms with E-state index >= 15 is 0 Å². The number of carboxylic acids is 1. The summed E-state index contributed by atoms with van der Waals surface area (Å²) in [5.41, 5.74) is 2.72. The van der Waals surface area contributed by atoms with Gasteiger partial charge >= 0.3 is 5.97 Å². The van der Waals surface area contributed by atoms with Crippen LogP contribution in [-0.2, 0) is 20.8 Å². The summed E-state index contributed by atoms with van der Waals surface area (Å²) in [6.45, 7) is 2.07. The SMILES string of the molecule is CC(=CC(=O)Nc1ccc(SCC(=O)N2CCc3ccccc32)cc1)C(=O)O. The van der Waals surface area contributed by atoms with E-state index in [0.717, 1.165) is 23.1 Å². The van der Waals surface area contributed by atoms with Gasteiger partial charge < -0.3 is 15.3 Å². The molecule has 0 spiro atoms. The molecule has 0 aromatic heterocycles. The third-order valence-corrected chi connectivity index (χ3v) is 5.35. The molecular formula is C21H20N2O4S. The molecule has 1 aliphatic heterocycles. The molecule has 3 rings (SSSR count). The minimum atomic E-state index is -1.13. The number of hydrogen-bond donors (Lipinski definition) is 2. The fraction of sp³-hybridized carbons (Fsp3) is 0.190. The maximum absolute atomic E-state index is 12.5. The average molecular weight is 396 g/mol. The van der Waals surface area contributed by atoms with Crippen LogP contribution in [0.5, 0.6) is 0 Å². The van der Waals surface area contributed by atoms with Gasteiger partial charge in [-0.1, -0.05) is 18.2 Å². The highest BCUT2D eigenvalue weighted by molar-refractivity contribution is 8.00. The van der Waals surface area contributed by atoms with Crippen LogP contribution in [0.1, 0.15) is 12.5 Å². The van der Waals surface area contributed by atoms with Gasteiger partial charge in [0.25, 0.3) is 0 Å². The van der Waals surface area contributed by atoms with Gasteiger partial charge in [-0.2, -0.15) is 0 Å². The van der Waals surface area contributed by atoms with Crippen LogP contribution in [0, 0.1) is 0 Å². The molecule has 0 bridgehead atoms. The van der Waals surface area contributed by atoms with E-state index < -0.39 is 11.9 Å². The topological polar surface area (TPSA) is 86.7 Å². The number of rotatable bonds is 6. The summed E-state index contributed by atoms with van der Waals surface area (Å²) in [5, 5.41) is 11.4. The zero-order valence-electron chi connectivity index (χ0n) is 15.3.